The number of nitrogens with one attached hydrogen (secondary N) is 2. The number of carboxylic acids is 1. The van der Waals surface area contributed by atoms with Crippen LogP contribution < -0.4 is 4.72 Å². The molecule has 33 heavy (non-hydrogen) atoms. The fourth-order valence-electron chi connectivity index (χ4n) is 3.54. The Labute approximate surface area is 196 Å². The first kappa shape index (κ1) is 22.8. The summed E-state index contributed by atoms with van der Waals surface area (Å²) in [6.07, 6.45) is 1.73. The second-order valence-corrected chi connectivity index (χ2v) is 10.8. The van der Waals surface area contributed by atoms with E-state index in [1.165, 1.54) is 6.07 Å². The van der Waals surface area contributed by atoms with Gasteiger partial charge in [0.25, 0.3) is 10.0 Å². The minimum Gasteiger partial charge on any atom is -0.480 e. The number of sulfonamides is 1. The van der Waals surface area contributed by atoms with Crippen molar-refractivity contribution in [2.24, 2.45) is 0 Å². The van der Waals surface area contributed by atoms with Crippen LogP contribution in [0.15, 0.2) is 71.1 Å². The van der Waals surface area contributed by atoms with Crippen molar-refractivity contribution < 1.29 is 18.3 Å². The third-order valence-electron chi connectivity index (χ3n) is 5.39. The molecule has 0 amide bonds. The van der Waals surface area contributed by atoms with Crippen LogP contribution in [0.4, 0.5) is 0 Å². The first-order chi connectivity index (χ1) is 15.7. The first-order valence-electron chi connectivity index (χ1n) is 10.2. The van der Waals surface area contributed by atoms with Gasteiger partial charge in [0, 0.05) is 28.6 Å². The number of carbonyl (C=O) groups is 1. The molecule has 0 aliphatic carbocycles. The molecule has 0 aliphatic rings. The molecule has 168 valence electrons. The summed E-state index contributed by atoms with van der Waals surface area (Å²) < 4.78 is 28.4. The lowest BCUT2D eigenvalue weighted by molar-refractivity contribution is -0.139. The van der Waals surface area contributed by atoms with Gasteiger partial charge in [-0.05, 0) is 42.8 Å². The van der Waals surface area contributed by atoms with Crippen molar-refractivity contribution in [3.8, 4) is 11.8 Å². The number of thiophene rings is 1. The van der Waals surface area contributed by atoms with E-state index in [-0.39, 0.29) is 4.21 Å². The minimum absolute atomic E-state index is 0.0214. The van der Waals surface area contributed by atoms with Gasteiger partial charge in [-0.25, -0.2) is 8.42 Å². The average molecular weight is 479 g/mol. The fraction of sp³-hybridized carbons (Fsp3) is 0.160. The van der Waals surface area contributed by atoms with Crippen LogP contribution in [0.3, 0.4) is 0 Å². The van der Waals surface area contributed by atoms with Crippen LogP contribution in [0.1, 0.15) is 34.4 Å². The second-order valence-electron chi connectivity index (χ2n) is 7.75. The summed E-state index contributed by atoms with van der Waals surface area (Å²) in [6.45, 7) is 3.69. The van der Waals surface area contributed by atoms with Gasteiger partial charge in [-0.1, -0.05) is 54.7 Å². The Morgan fingerprint density at radius 2 is 1.79 bits per heavy atom. The highest BCUT2D eigenvalue weighted by molar-refractivity contribution is 7.91. The monoisotopic (exact) mass is 478 g/mol. The number of aromatic amines is 1. The Bertz CT molecular complexity index is 1470. The largest absolute Gasteiger partial charge is 0.480 e. The summed E-state index contributed by atoms with van der Waals surface area (Å²) in [4.78, 5) is 15.7. The van der Waals surface area contributed by atoms with E-state index in [2.05, 4.69) is 21.5 Å². The zero-order valence-electron chi connectivity index (χ0n) is 18.0. The van der Waals surface area contributed by atoms with Crippen LogP contribution in [0.25, 0.3) is 10.9 Å². The molecule has 8 heteroatoms. The standard InChI is InChI=1S/C25H22N2O4S2/c1-16-7-9-18(10-8-16)11-12-19-13-14-23(32-19)33(30,31)27-24(25(28)29)17(2)21-15-26-22-6-4-3-5-20(21)22/h3-10,13-15,17,24,26-27H,1-2H3,(H,28,29)/t17-,24+/m0/s1. The van der Waals surface area contributed by atoms with Gasteiger partial charge in [-0.2, -0.15) is 4.72 Å². The summed E-state index contributed by atoms with van der Waals surface area (Å²) in [5.74, 6) is 4.14. The number of hydrogen-bond donors (Lipinski definition) is 3. The molecule has 0 saturated carbocycles. The third-order valence-corrected chi connectivity index (χ3v) is 8.32. The zero-order chi connectivity index (χ0) is 23.6. The Hall–Kier alpha value is -3.38. The molecule has 2 aromatic heterocycles. The number of benzene rings is 2. The highest BCUT2D eigenvalue weighted by atomic mass is 32.2. The van der Waals surface area contributed by atoms with Crippen LogP contribution in [-0.4, -0.2) is 30.5 Å². The molecule has 6 nitrogen and oxygen atoms in total. The summed E-state index contributed by atoms with van der Waals surface area (Å²) in [6, 6.07) is 17.0. The minimum atomic E-state index is -4.05. The molecule has 2 atom stereocenters. The van der Waals surface area contributed by atoms with E-state index in [0.717, 1.165) is 38.9 Å². The van der Waals surface area contributed by atoms with Crippen LogP contribution in [-0.2, 0) is 14.8 Å². The van der Waals surface area contributed by atoms with E-state index in [1.54, 1.807) is 19.2 Å². The summed E-state index contributed by atoms with van der Waals surface area (Å²) in [5, 5.41) is 10.7. The van der Waals surface area contributed by atoms with Crippen LogP contribution in [0.2, 0.25) is 0 Å². The van der Waals surface area contributed by atoms with Gasteiger partial charge < -0.3 is 10.1 Å². The zero-order valence-corrected chi connectivity index (χ0v) is 19.6. The van der Waals surface area contributed by atoms with Crippen molar-refractivity contribution in [1.29, 1.82) is 0 Å². The van der Waals surface area contributed by atoms with Gasteiger partial charge in [0.1, 0.15) is 10.3 Å². The number of carboxylic acid groups (broad SMARTS) is 1. The van der Waals surface area contributed by atoms with Crippen LogP contribution in [0.5, 0.6) is 0 Å². The number of fused-ring (bicyclic) bond motifs is 1. The van der Waals surface area contributed by atoms with Crippen LogP contribution >= 0.6 is 11.3 Å². The van der Waals surface area contributed by atoms with Crippen molar-refractivity contribution in [3.63, 3.8) is 0 Å². The number of hydrogen-bond acceptors (Lipinski definition) is 4. The maximum Gasteiger partial charge on any atom is 0.322 e. The number of H-pyrrole nitrogens is 1. The molecule has 0 fully saturated rings. The Kier molecular flexibility index (Phi) is 6.38. The van der Waals surface area contributed by atoms with Crippen molar-refractivity contribution in [3.05, 3.63) is 88.4 Å². The lowest BCUT2D eigenvalue weighted by Crippen LogP contribution is -2.43. The Morgan fingerprint density at radius 1 is 1.06 bits per heavy atom. The summed E-state index contributed by atoms with van der Waals surface area (Å²) in [5.41, 5.74) is 3.55. The van der Waals surface area contributed by atoms with E-state index in [9.17, 15) is 18.3 Å². The highest BCUT2D eigenvalue weighted by Gasteiger charge is 2.33. The smallest absolute Gasteiger partial charge is 0.322 e. The van der Waals surface area contributed by atoms with E-state index < -0.39 is 28.0 Å². The molecule has 2 heterocycles. The maximum absolute atomic E-state index is 13.0. The molecule has 0 bridgehead atoms. The summed E-state index contributed by atoms with van der Waals surface area (Å²) in [7, 11) is -4.05. The van der Waals surface area contributed by atoms with Gasteiger partial charge in [0.2, 0.25) is 0 Å². The third kappa shape index (κ3) is 5.01. The van der Waals surface area contributed by atoms with Gasteiger partial charge >= 0.3 is 5.97 Å². The maximum atomic E-state index is 13.0. The van der Waals surface area contributed by atoms with Crippen molar-refractivity contribution in [1.82, 2.24) is 9.71 Å². The topological polar surface area (TPSA) is 99.3 Å². The lowest BCUT2D eigenvalue weighted by Gasteiger charge is -2.21. The number of aromatic nitrogens is 1. The molecular weight excluding hydrogens is 456 g/mol. The van der Waals surface area contributed by atoms with E-state index in [1.807, 2.05) is 55.5 Å². The van der Waals surface area contributed by atoms with Gasteiger partial charge in [-0.15, -0.1) is 11.3 Å². The van der Waals surface area contributed by atoms with Gasteiger partial charge in [0.15, 0.2) is 0 Å². The number of aliphatic carboxylic acids is 1. The summed E-state index contributed by atoms with van der Waals surface area (Å²) >= 11 is 1.00. The predicted octanol–water partition coefficient (Wildman–Crippen LogP) is 4.47. The Balaban J connectivity index is 1.56. The predicted molar refractivity (Wildman–Crippen MR) is 130 cm³/mol. The molecule has 0 saturated heterocycles. The SMILES string of the molecule is Cc1ccc(C#Cc2ccc(S(=O)(=O)N[C@@H](C(=O)O)[C@@H](C)c3c[nH]c4ccccc34)s2)cc1. The van der Waals surface area contributed by atoms with Crippen molar-refractivity contribution in [2.45, 2.75) is 30.0 Å². The molecular formula is C25H22N2O4S2. The normalized spacial score (nSPS) is 13.3. The molecule has 0 radical (unpaired) electrons. The molecule has 3 N–H and O–H groups in total. The Morgan fingerprint density at radius 3 is 2.52 bits per heavy atom. The molecule has 0 unspecified atom stereocenters. The van der Waals surface area contributed by atoms with E-state index in [4.69, 9.17) is 0 Å². The van der Waals surface area contributed by atoms with E-state index >= 15 is 0 Å². The van der Waals surface area contributed by atoms with Gasteiger partial charge in [-0.3, -0.25) is 4.79 Å². The molecule has 0 spiro atoms. The molecule has 4 rings (SSSR count). The highest BCUT2D eigenvalue weighted by Crippen LogP contribution is 2.29. The lowest BCUT2D eigenvalue weighted by atomic mass is 9.93. The van der Waals surface area contributed by atoms with Gasteiger partial charge in [0.05, 0.1) is 4.88 Å². The van der Waals surface area contributed by atoms with Crippen molar-refractivity contribution >= 4 is 38.2 Å². The van der Waals surface area contributed by atoms with Crippen LogP contribution in [0, 0.1) is 18.8 Å². The molecule has 0 aliphatic heterocycles. The molecule has 2 aromatic carbocycles. The number of rotatable bonds is 6. The number of aryl methyl sites for hydroxylation is 1. The van der Waals surface area contributed by atoms with E-state index in [0.29, 0.717) is 4.88 Å². The average Bonchev–Trinajstić information content (AvgIpc) is 3.44. The van der Waals surface area contributed by atoms with Crippen molar-refractivity contribution in [2.75, 3.05) is 0 Å². The first-order valence-corrected chi connectivity index (χ1v) is 12.5. The fourth-order valence-corrected chi connectivity index (χ4v) is 5.99. The molecule has 4 aromatic rings. The second kappa shape index (κ2) is 9.24. The quantitative estimate of drug-likeness (QED) is 0.356. The number of para-hydroxylation sites is 1.